The summed E-state index contributed by atoms with van der Waals surface area (Å²) in [5.41, 5.74) is -1.09. The minimum Gasteiger partial charge on any atom is -0.338 e. The van der Waals surface area contributed by atoms with Gasteiger partial charge < -0.3 is 10.6 Å². The predicted molar refractivity (Wildman–Crippen MR) is 88.1 cm³/mol. The van der Waals surface area contributed by atoms with E-state index in [0.29, 0.717) is 0 Å². The number of halogens is 5. The maximum Gasteiger partial charge on any atom is 0.256 e. The molecule has 0 saturated heterocycles. The SMILES string of the molecule is O=C(Nc1c(F)cccc1F)c1ccnc(Nc2ccc(F)c(F)c2F)c1. The molecule has 0 unspecified atom stereocenters. The van der Waals surface area contributed by atoms with Crippen molar-refractivity contribution in [2.24, 2.45) is 0 Å². The molecular formula is C18H10F5N3O. The molecule has 0 saturated carbocycles. The van der Waals surface area contributed by atoms with Gasteiger partial charge in [-0.05, 0) is 36.4 Å². The Morgan fingerprint density at radius 3 is 2.26 bits per heavy atom. The zero-order chi connectivity index (χ0) is 19.6. The topological polar surface area (TPSA) is 54.0 Å². The molecule has 1 aromatic heterocycles. The summed E-state index contributed by atoms with van der Waals surface area (Å²) in [7, 11) is 0. The largest absolute Gasteiger partial charge is 0.338 e. The van der Waals surface area contributed by atoms with E-state index in [1.807, 2.05) is 0 Å². The molecule has 0 spiro atoms. The number of nitrogens with one attached hydrogen (secondary N) is 2. The number of hydrogen-bond acceptors (Lipinski definition) is 3. The highest BCUT2D eigenvalue weighted by Gasteiger charge is 2.16. The first-order valence-electron chi connectivity index (χ1n) is 7.48. The molecular weight excluding hydrogens is 369 g/mol. The van der Waals surface area contributed by atoms with Gasteiger partial charge in [0.25, 0.3) is 5.91 Å². The van der Waals surface area contributed by atoms with E-state index >= 15 is 0 Å². The molecule has 0 fully saturated rings. The lowest BCUT2D eigenvalue weighted by Gasteiger charge is -2.10. The van der Waals surface area contributed by atoms with Crippen LogP contribution in [0.15, 0.2) is 48.7 Å². The van der Waals surface area contributed by atoms with Crippen LogP contribution in [-0.2, 0) is 0 Å². The number of nitrogens with zero attached hydrogens (tertiary/aromatic N) is 1. The first-order valence-corrected chi connectivity index (χ1v) is 7.48. The first-order chi connectivity index (χ1) is 12.9. The molecule has 2 aromatic carbocycles. The van der Waals surface area contributed by atoms with Crippen LogP contribution < -0.4 is 10.6 Å². The van der Waals surface area contributed by atoms with Gasteiger partial charge in [0.2, 0.25) is 0 Å². The fraction of sp³-hybridized carbons (Fsp3) is 0. The van der Waals surface area contributed by atoms with Crippen molar-refractivity contribution in [2.45, 2.75) is 0 Å². The lowest BCUT2D eigenvalue weighted by molar-refractivity contribution is 0.102. The lowest BCUT2D eigenvalue weighted by atomic mass is 10.2. The van der Waals surface area contributed by atoms with Crippen LogP contribution in [0.1, 0.15) is 10.4 Å². The Balaban J connectivity index is 1.83. The standard InChI is InChI=1S/C18H10F5N3O/c19-10-4-5-13(16(23)15(10)22)25-14-8-9(6-7-24-14)18(27)26-17-11(20)2-1-3-12(17)21/h1-8H,(H,24,25)(H,26,27). The van der Waals surface area contributed by atoms with E-state index in [4.69, 9.17) is 0 Å². The summed E-state index contributed by atoms with van der Waals surface area (Å²) in [4.78, 5) is 16.0. The Morgan fingerprint density at radius 2 is 1.56 bits per heavy atom. The number of para-hydroxylation sites is 1. The molecule has 0 bridgehead atoms. The molecule has 1 amide bonds. The van der Waals surface area contributed by atoms with Crippen LogP contribution in [-0.4, -0.2) is 10.9 Å². The van der Waals surface area contributed by atoms with Gasteiger partial charge in [-0.25, -0.2) is 26.9 Å². The Labute approximate surface area is 149 Å². The minimum atomic E-state index is -1.66. The number of aromatic nitrogens is 1. The molecule has 1 heterocycles. The number of amides is 1. The van der Waals surface area contributed by atoms with E-state index in [1.165, 1.54) is 12.3 Å². The maximum absolute atomic E-state index is 13.7. The summed E-state index contributed by atoms with van der Waals surface area (Å²) in [5, 5.41) is 4.49. The summed E-state index contributed by atoms with van der Waals surface area (Å²) in [6.45, 7) is 0. The molecule has 3 aromatic rings. The van der Waals surface area contributed by atoms with Gasteiger partial charge in [0, 0.05) is 11.8 Å². The molecule has 2 N–H and O–H groups in total. The highest BCUT2D eigenvalue weighted by Crippen LogP contribution is 2.24. The monoisotopic (exact) mass is 379 g/mol. The molecule has 0 aliphatic rings. The Morgan fingerprint density at radius 1 is 0.852 bits per heavy atom. The molecule has 0 aliphatic carbocycles. The van der Waals surface area contributed by atoms with Crippen molar-refractivity contribution in [1.29, 1.82) is 0 Å². The maximum atomic E-state index is 13.7. The average molecular weight is 379 g/mol. The number of hydrogen-bond donors (Lipinski definition) is 2. The summed E-state index contributed by atoms with van der Waals surface area (Å²) < 4.78 is 67.2. The number of anilines is 3. The zero-order valence-corrected chi connectivity index (χ0v) is 13.4. The second-order valence-electron chi connectivity index (χ2n) is 5.33. The second-order valence-corrected chi connectivity index (χ2v) is 5.33. The van der Waals surface area contributed by atoms with Crippen molar-refractivity contribution >= 4 is 23.1 Å². The van der Waals surface area contributed by atoms with E-state index in [0.717, 1.165) is 36.4 Å². The van der Waals surface area contributed by atoms with Crippen LogP contribution in [0.3, 0.4) is 0 Å². The van der Waals surface area contributed by atoms with Crippen molar-refractivity contribution in [1.82, 2.24) is 4.98 Å². The molecule has 9 heteroatoms. The Hall–Kier alpha value is -3.49. The van der Waals surface area contributed by atoms with Gasteiger partial charge in [0.1, 0.15) is 23.1 Å². The van der Waals surface area contributed by atoms with E-state index in [9.17, 15) is 26.7 Å². The summed E-state index contributed by atoms with van der Waals surface area (Å²) in [6.07, 6.45) is 1.17. The predicted octanol–water partition coefficient (Wildman–Crippen LogP) is 4.77. The van der Waals surface area contributed by atoms with E-state index in [2.05, 4.69) is 15.6 Å². The van der Waals surface area contributed by atoms with Gasteiger partial charge >= 0.3 is 0 Å². The van der Waals surface area contributed by atoms with Crippen molar-refractivity contribution in [3.05, 3.63) is 83.3 Å². The normalized spacial score (nSPS) is 10.6. The summed E-state index contributed by atoms with van der Waals surface area (Å²) in [6, 6.07) is 7.17. The van der Waals surface area contributed by atoms with Crippen LogP contribution in [0.2, 0.25) is 0 Å². The fourth-order valence-electron chi connectivity index (χ4n) is 2.20. The van der Waals surface area contributed by atoms with Crippen LogP contribution in [0.5, 0.6) is 0 Å². The second kappa shape index (κ2) is 7.40. The summed E-state index contributed by atoms with van der Waals surface area (Å²) in [5.74, 6) is -7.31. The van der Waals surface area contributed by atoms with Gasteiger partial charge in [-0.15, -0.1) is 0 Å². The van der Waals surface area contributed by atoms with Gasteiger partial charge in [-0.2, -0.15) is 0 Å². The van der Waals surface area contributed by atoms with Crippen LogP contribution in [0.4, 0.5) is 39.1 Å². The van der Waals surface area contributed by atoms with Gasteiger partial charge in [-0.3, -0.25) is 4.79 Å². The molecule has 138 valence electrons. The van der Waals surface area contributed by atoms with Crippen molar-refractivity contribution < 1.29 is 26.7 Å². The first kappa shape index (κ1) is 18.3. The Kier molecular flexibility index (Phi) is 5.02. The Bertz CT molecular complexity index is 1010. The quantitative estimate of drug-likeness (QED) is 0.507. The third kappa shape index (κ3) is 3.86. The molecule has 0 aliphatic heterocycles. The van der Waals surface area contributed by atoms with Gasteiger partial charge in [-0.1, -0.05) is 6.07 Å². The van der Waals surface area contributed by atoms with Crippen molar-refractivity contribution in [3.63, 3.8) is 0 Å². The highest BCUT2D eigenvalue weighted by atomic mass is 19.2. The molecule has 3 rings (SSSR count). The molecule has 4 nitrogen and oxygen atoms in total. The number of carbonyl (C=O) groups is 1. The fourth-order valence-corrected chi connectivity index (χ4v) is 2.20. The van der Waals surface area contributed by atoms with Crippen LogP contribution in [0.25, 0.3) is 0 Å². The molecule has 0 atom stereocenters. The molecule has 0 radical (unpaired) electrons. The lowest BCUT2D eigenvalue weighted by Crippen LogP contribution is -2.14. The number of rotatable bonds is 4. The van der Waals surface area contributed by atoms with Crippen molar-refractivity contribution in [2.75, 3.05) is 10.6 Å². The average Bonchev–Trinajstić information content (AvgIpc) is 2.65. The molecule has 27 heavy (non-hydrogen) atoms. The minimum absolute atomic E-state index is 0.0573. The summed E-state index contributed by atoms with van der Waals surface area (Å²) >= 11 is 0. The van der Waals surface area contributed by atoms with E-state index in [1.54, 1.807) is 0 Å². The highest BCUT2D eigenvalue weighted by molar-refractivity contribution is 6.04. The van der Waals surface area contributed by atoms with E-state index < -0.39 is 46.4 Å². The third-order valence-corrected chi connectivity index (χ3v) is 3.52. The van der Waals surface area contributed by atoms with Gasteiger partial charge in [0.05, 0.1) is 5.69 Å². The third-order valence-electron chi connectivity index (χ3n) is 3.52. The smallest absolute Gasteiger partial charge is 0.256 e. The van der Waals surface area contributed by atoms with Crippen LogP contribution >= 0.6 is 0 Å². The van der Waals surface area contributed by atoms with Crippen LogP contribution in [0, 0.1) is 29.1 Å². The van der Waals surface area contributed by atoms with Gasteiger partial charge in [0.15, 0.2) is 17.5 Å². The number of pyridine rings is 1. The van der Waals surface area contributed by atoms with Crippen molar-refractivity contribution in [3.8, 4) is 0 Å². The zero-order valence-electron chi connectivity index (χ0n) is 13.4. The van der Waals surface area contributed by atoms with E-state index in [-0.39, 0.29) is 11.4 Å². The number of benzene rings is 2. The number of carbonyl (C=O) groups excluding carboxylic acids is 1.